The number of nitrogens with one attached hydrogen (secondary N) is 1. The van der Waals surface area contributed by atoms with Crippen molar-refractivity contribution in [2.45, 2.75) is 38.6 Å². The molecule has 1 rings (SSSR count). The van der Waals surface area contributed by atoms with Gasteiger partial charge in [0.1, 0.15) is 6.04 Å². The van der Waals surface area contributed by atoms with Crippen molar-refractivity contribution in [1.29, 1.82) is 5.53 Å². The Morgan fingerprint density at radius 3 is 2.89 bits per heavy atom. The fraction of sp³-hybridized carbons (Fsp3) is 0.600. The van der Waals surface area contributed by atoms with E-state index in [1.807, 2.05) is 12.2 Å². The molecular formula is C15H24N3+. The molecule has 1 aliphatic rings. The highest BCUT2D eigenvalue weighted by atomic mass is 15.2. The maximum Gasteiger partial charge on any atom is 0.167 e. The summed E-state index contributed by atoms with van der Waals surface area (Å²) in [6.45, 7) is 8.79. The van der Waals surface area contributed by atoms with Gasteiger partial charge in [0.25, 0.3) is 0 Å². The minimum Gasteiger partial charge on any atom is -0.355 e. The minimum absolute atomic E-state index is 0.0882. The van der Waals surface area contributed by atoms with Crippen LogP contribution in [0.4, 0.5) is 0 Å². The minimum atomic E-state index is 0.0882. The van der Waals surface area contributed by atoms with Crippen LogP contribution in [0, 0.1) is 17.9 Å². The summed E-state index contributed by atoms with van der Waals surface area (Å²) in [5.74, 6) is 2.76. The van der Waals surface area contributed by atoms with Crippen molar-refractivity contribution in [3.8, 4) is 12.3 Å². The summed E-state index contributed by atoms with van der Waals surface area (Å²) in [7, 11) is 0. The molecule has 0 radical (unpaired) electrons. The summed E-state index contributed by atoms with van der Waals surface area (Å²) >= 11 is 0. The van der Waals surface area contributed by atoms with Crippen LogP contribution < -0.4 is 0 Å². The van der Waals surface area contributed by atoms with Crippen molar-refractivity contribution in [2.24, 2.45) is 0 Å². The van der Waals surface area contributed by atoms with E-state index in [-0.39, 0.29) is 6.04 Å². The van der Waals surface area contributed by atoms with Crippen LogP contribution in [-0.4, -0.2) is 35.3 Å². The first-order valence-corrected chi connectivity index (χ1v) is 6.75. The molecule has 0 bridgehead atoms. The second kappa shape index (κ2) is 7.71. The molecule has 18 heavy (non-hydrogen) atoms. The van der Waals surface area contributed by atoms with Crippen molar-refractivity contribution >= 4 is 0 Å². The van der Waals surface area contributed by atoms with Crippen LogP contribution in [0.15, 0.2) is 24.4 Å². The van der Waals surface area contributed by atoms with Crippen LogP contribution in [-0.2, 0) is 0 Å². The lowest BCUT2D eigenvalue weighted by molar-refractivity contribution is -0.615. The van der Waals surface area contributed by atoms with Gasteiger partial charge in [0, 0.05) is 25.1 Å². The third-order valence-corrected chi connectivity index (χ3v) is 3.17. The third kappa shape index (κ3) is 4.37. The normalized spacial score (nSPS) is 18.1. The summed E-state index contributed by atoms with van der Waals surface area (Å²) in [5, 5.41) is 0. The van der Waals surface area contributed by atoms with E-state index in [0.717, 1.165) is 51.0 Å². The number of rotatable bonds is 8. The van der Waals surface area contributed by atoms with Crippen LogP contribution >= 0.6 is 0 Å². The second-order valence-electron chi connectivity index (χ2n) is 4.70. The molecule has 0 spiro atoms. The zero-order chi connectivity index (χ0) is 13.4. The van der Waals surface area contributed by atoms with Gasteiger partial charge < -0.3 is 4.90 Å². The summed E-state index contributed by atoms with van der Waals surface area (Å²) in [5.41, 5.74) is 8.66. The van der Waals surface area contributed by atoms with E-state index in [9.17, 15) is 0 Å². The van der Waals surface area contributed by atoms with Crippen LogP contribution in [0.3, 0.4) is 0 Å². The fourth-order valence-corrected chi connectivity index (χ4v) is 2.15. The molecule has 0 saturated heterocycles. The van der Waals surface area contributed by atoms with Crippen LogP contribution in [0.2, 0.25) is 0 Å². The average molecular weight is 246 g/mol. The molecule has 0 aliphatic carbocycles. The van der Waals surface area contributed by atoms with E-state index in [2.05, 4.69) is 24.3 Å². The standard InChI is InChI=1S/C15H24N3/c1-4-11-17(16)12-7-6-8-13-18-14(3)9-10-15(18)5-2/h2,9-10,15-16H,3-4,6-8,11-13H2,1H3/q+1. The Bertz CT molecular complexity index is 362. The molecule has 0 fully saturated rings. The van der Waals surface area contributed by atoms with Crippen LogP contribution in [0.5, 0.6) is 0 Å². The van der Waals surface area contributed by atoms with E-state index in [1.165, 1.54) is 0 Å². The Labute approximate surface area is 111 Å². The zero-order valence-corrected chi connectivity index (χ0v) is 11.4. The number of nitrogens with zero attached hydrogens (tertiary/aromatic N) is 2. The Hall–Kier alpha value is -1.56. The van der Waals surface area contributed by atoms with Crippen molar-refractivity contribution in [2.75, 3.05) is 19.6 Å². The molecular weight excluding hydrogens is 222 g/mol. The first-order valence-electron chi connectivity index (χ1n) is 6.75. The molecule has 3 heteroatoms. The highest BCUT2D eigenvalue weighted by Gasteiger charge is 2.18. The van der Waals surface area contributed by atoms with Gasteiger partial charge in [0.15, 0.2) is 13.1 Å². The summed E-state index contributed by atoms with van der Waals surface area (Å²) < 4.78 is 1.65. The molecule has 0 saturated carbocycles. The maximum absolute atomic E-state index is 7.64. The third-order valence-electron chi connectivity index (χ3n) is 3.17. The van der Waals surface area contributed by atoms with Crippen molar-refractivity contribution in [3.63, 3.8) is 0 Å². The van der Waals surface area contributed by atoms with E-state index in [4.69, 9.17) is 12.0 Å². The topological polar surface area (TPSA) is 30.1 Å². The Kier molecular flexibility index (Phi) is 6.21. The predicted octanol–water partition coefficient (Wildman–Crippen LogP) is 3.00. The maximum atomic E-state index is 7.64. The first-order chi connectivity index (χ1) is 8.69. The van der Waals surface area contributed by atoms with E-state index in [1.54, 1.807) is 4.70 Å². The highest BCUT2D eigenvalue weighted by molar-refractivity contribution is 5.30. The van der Waals surface area contributed by atoms with Gasteiger partial charge >= 0.3 is 0 Å². The van der Waals surface area contributed by atoms with Crippen LogP contribution in [0.1, 0.15) is 32.6 Å². The summed E-state index contributed by atoms with van der Waals surface area (Å²) in [6.07, 6.45) is 13.9. The van der Waals surface area contributed by atoms with Gasteiger partial charge in [0.05, 0.1) is 0 Å². The highest BCUT2D eigenvalue weighted by Crippen LogP contribution is 2.18. The van der Waals surface area contributed by atoms with Gasteiger partial charge in [0.2, 0.25) is 0 Å². The molecule has 0 aromatic heterocycles. The van der Waals surface area contributed by atoms with Gasteiger partial charge in [-0.3, -0.25) is 0 Å². The van der Waals surface area contributed by atoms with Crippen LogP contribution in [0.25, 0.3) is 0 Å². The lowest BCUT2D eigenvalue weighted by Gasteiger charge is -2.23. The monoisotopic (exact) mass is 246 g/mol. The molecule has 0 amide bonds. The molecule has 1 unspecified atom stereocenters. The van der Waals surface area contributed by atoms with Crippen molar-refractivity contribution in [3.05, 3.63) is 24.4 Å². The SMILES string of the molecule is C#CC1C=CC(=C)N1CCCCC[N+](=N)CCC. The molecule has 1 aliphatic heterocycles. The predicted molar refractivity (Wildman–Crippen MR) is 74.5 cm³/mol. The number of hydrogen-bond donors (Lipinski definition) is 1. The molecule has 1 heterocycles. The first kappa shape index (κ1) is 14.5. The molecule has 3 nitrogen and oxygen atoms in total. The number of unbranched alkanes of at least 4 members (excludes halogenated alkanes) is 2. The van der Waals surface area contributed by atoms with E-state index < -0.39 is 0 Å². The fourth-order valence-electron chi connectivity index (χ4n) is 2.15. The zero-order valence-electron chi connectivity index (χ0n) is 11.4. The molecule has 1 N–H and O–H groups in total. The molecule has 0 aromatic rings. The van der Waals surface area contributed by atoms with Crippen molar-refractivity contribution < 1.29 is 4.70 Å². The smallest absolute Gasteiger partial charge is 0.167 e. The lowest BCUT2D eigenvalue weighted by Crippen LogP contribution is -2.28. The summed E-state index contributed by atoms with van der Waals surface area (Å²) in [6, 6.07) is 0.0882. The average Bonchev–Trinajstić information content (AvgIpc) is 2.70. The van der Waals surface area contributed by atoms with Gasteiger partial charge in [-0.1, -0.05) is 25.0 Å². The quantitative estimate of drug-likeness (QED) is 0.303. The van der Waals surface area contributed by atoms with Gasteiger partial charge in [-0.15, -0.1) is 11.1 Å². The van der Waals surface area contributed by atoms with Gasteiger partial charge in [-0.25, -0.2) is 0 Å². The largest absolute Gasteiger partial charge is 0.355 e. The lowest BCUT2D eigenvalue weighted by atomic mass is 10.2. The van der Waals surface area contributed by atoms with Crippen molar-refractivity contribution in [1.82, 2.24) is 4.90 Å². The van der Waals surface area contributed by atoms with E-state index >= 15 is 0 Å². The second-order valence-corrected chi connectivity index (χ2v) is 4.70. The van der Waals surface area contributed by atoms with E-state index in [0.29, 0.717) is 0 Å². The molecule has 0 aromatic carbocycles. The Balaban J connectivity index is 2.13. The summed E-state index contributed by atoms with van der Waals surface area (Å²) in [4.78, 5) is 2.17. The Morgan fingerprint density at radius 2 is 2.22 bits per heavy atom. The van der Waals surface area contributed by atoms with Gasteiger partial charge in [-0.2, -0.15) is 0 Å². The Morgan fingerprint density at radius 1 is 1.44 bits per heavy atom. The van der Waals surface area contributed by atoms with Gasteiger partial charge in [-0.05, 0) is 25.0 Å². The molecule has 98 valence electrons. The number of hydrogen-bond acceptors (Lipinski definition) is 2. The number of terminal acetylenes is 1. The molecule has 1 atom stereocenters. The number of allylic oxidation sites excluding steroid dienone is 1.